The molecule has 1 aromatic rings. The molecule has 0 bridgehead atoms. The number of fused-ring (bicyclic) bond motifs is 1. The van der Waals surface area contributed by atoms with Gasteiger partial charge in [0.15, 0.2) is 0 Å². The van der Waals surface area contributed by atoms with Crippen LogP contribution in [0, 0.1) is 0 Å². The number of esters is 1. The smallest absolute Gasteiger partial charge is 0.317 e. The van der Waals surface area contributed by atoms with E-state index in [0.29, 0.717) is 11.5 Å². The Morgan fingerprint density at radius 3 is 2.92 bits per heavy atom. The number of ether oxygens (including phenoxy) is 1. The number of hydrogen-bond donors (Lipinski definition) is 1. The van der Waals surface area contributed by atoms with Gasteiger partial charge in [-0.15, -0.1) is 0 Å². The van der Waals surface area contributed by atoms with Gasteiger partial charge in [-0.3, -0.25) is 4.79 Å². The fourth-order valence-electron chi connectivity index (χ4n) is 1.30. The van der Waals surface area contributed by atoms with Gasteiger partial charge in [0.2, 0.25) is 0 Å². The van der Waals surface area contributed by atoms with E-state index in [9.17, 15) is 4.79 Å². The number of benzene rings is 1. The minimum Gasteiger partial charge on any atom is -0.426 e. The second kappa shape index (κ2) is 2.90. The molecule has 2 N–H and O–H groups in total. The average Bonchev–Trinajstić information content (AvgIpc) is 2.16. The summed E-state index contributed by atoms with van der Waals surface area (Å²) < 4.78 is 4.99. The summed E-state index contributed by atoms with van der Waals surface area (Å²) in [7, 11) is 0. The molecule has 0 aromatic heterocycles. The fraction of sp³-hybridized carbons (Fsp3) is 0.111. The first-order valence-electron chi connectivity index (χ1n) is 3.88. The summed E-state index contributed by atoms with van der Waals surface area (Å²) >= 11 is 0. The number of rotatable bonds is 0. The van der Waals surface area contributed by atoms with Gasteiger partial charge in [-0.2, -0.15) is 5.10 Å². The standard InChI is InChI=1S/C9H8N2O2/c10-11-7-5-9(12)13-8-4-2-1-3-6(7)8/h1-4H,5,10H2/b11-7+. The first-order valence-corrected chi connectivity index (χ1v) is 3.88. The van der Waals surface area contributed by atoms with Gasteiger partial charge in [-0.1, -0.05) is 12.1 Å². The van der Waals surface area contributed by atoms with E-state index >= 15 is 0 Å². The van der Waals surface area contributed by atoms with Crippen molar-refractivity contribution < 1.29 is 9.53 Å². The lowest BCUT2D eigenvalue weighted by Gasteiger charge is -2.15. The van der Waals surface area contributed by atoms with Crippen molar-refractivity contribution in [3.63, 3.8) is 0 Å². The number of nitrogens with zero attached hydrogens (tertiary/aromatic N) is 1. The quantitative estimate of drug-likeness (QED) is 0.273. The minimum absolute atomic E-state index is 0.146. The molecular formula is C9H8N2O2. The monoisotopic (exact) mass is 176 g/mol. The van der Waals surface area contributed by atoms with E-state index in [0.717, 1.165) is 5.56 Å². The minimum atomic E-state index is -0.317. The van der Waals surface area contributed by atoms with Gasteiger partial charge >= 0.3 is 5.97 Å². The summed E-state index contributed by atoms with van der Waals surface area (Å²) in [5.74, 6) is 5.37. The zero-order valence-corrected chi connectivity index (χ0v) is 6.86. The number of carbonyl (C=O) groups excluding carboxylic acids is 1. The molecule has 0 saturated carbocycles. The molecule has 0 unspecified atom stereocenters. The number of para-hydroxylation sites is 1. The lowest BCUT2D eigenvalue weighted by atomic mass is 10.0. The van der Waals surface area contributed by atoms with Crippen molar-refractivity contribution in [2.75, 3.05) is 0 Å². The molecule has 1 heterocycles. The Labute approximate surface area is 75.0 Å². The third kappa shape index (κ3) is 1.26. The molecule has 0 fully saturated rings. The zero-order chi connectivity index (χ0) is 9.26. The maximum Gasteiger partial charge on any atom is 0.317 e. The Kier molecular flexibility index (Phi) is 1.73. The molecule has 4 heteroatoms. The molecule has 13 heavy (non-hydrogen) atoms. The summed E-state index contributed by atoms with van der Waals surface area (Å²) in [5, 5.41) is 3.56. The number of carbonyl (C=O) groups is 1. The van der Waals surface area contributed by atoms with Crippen molar-refractivity contribution >= 4 is 11.7 Å². The van der Waals surface area contributed by atoms with E-state index in [2.05, 4.69) is 5.10 Å². The molecule has 0 aliphatic carbocycles. The Balaban J connectivity index is 2.55. The van der Waals surface area contributed by atoms with Crippen LogP contribution < -0.4 is 10.6 Å². The van der Waals surface area contributed by atoms with Gasteiger partial charge in [0, 0.05) is 5.56 Å². The van der Waals surface area contributed by atoms with Crippen LogP contribution in [0.2, 0.25) is 0 Å². The van der Waals surface area contributed by atoms with Crippen molar-refractivity contribution in [1.29, 1.82) is 0 Å². The second-order valence-corrected chi connectivity index (χ2v) is 2.72. The van der Waals surface area contributed by atoms with Crippen LogP contribution in [0.1, 0.15) is 12.0 Å². The van der Waals surface area contributed by atoms with Gasteiger partial charge < -0.3 is 10.6 Å². The Bertz CT molecular complexity index is 385. The largest absolute Gasteiger partial charge is 0.426 e. The van der Waals surface area contributed by atoms with Crippen molar-refractivity contribution in [2.24, 2.45) is 10.9 Å². The second-order valence-electron chi connectivity index (χ2n) is 2.72. The maximum atomic E-state index is 11.0. The lowest BCUT2D eigenvalue weighted by molar-refractivity contribution is -0.133. The molecule has 0 atom stereocenters. The van der Waals surface area contributed by atoms with E-state index in [1.807, 2.05) is 12.1 Å². The number of nitrogens with two attached hydrogens (primary N) is 1. The van der Waals surface area contributed by atoms with Crippen LogP contribution >= 0.6 is 0 Å². The average molecular weight is 176 g/mol. The van der Waals surface area contributed by atoms with Crippen molar-refractivity contribution in [3.8, 4) is 5.75 Å². The summed E-state index contributed by atoms with van der Waals surface area (Å²) in [4.78, 5) is 11.0. The highest BCUT2D eigenvalue weighted by molar-refractivity contribution is 6.13. The van der Waals surface area contributed by atoms with E-state index in [-0.39, 0.29) is 12.4 Å². The molecule has 4 nitrogen and oxygen atoms in total. The summed E-state index contributed by atoms with van der Waals surface area (Å²) in [6.07, 6.45) is 0.146. The van der Waals surface area contributed by atoms with Crippen LogP contribution in [-0.2, 0) is 4.79 Å². The highest BCUT2D eigenvalue weighted by Crippen LogP contribution is 2.24. The number of hydrogen-bond acceptors (Lipinski definition) is 4. The molecule has 0 amide bonds. The lowest BCUT2D eigenvalue weighted by Crippen LogP contribution is -2.22. The van der Waals surface area contributed by atoms with Gasteiger partial charge in [-0.05, 0) is 12.1 Å². The third-order valence-corrected chi connectivity index (χ3v) is 1.89. The van der Waals surface area contributed by atoms with Gasteiger partial charge in [0.25, 0.3) is 0 Å². The fourth-order valence-corrected chi connectivity index (χ4v) is 1.30. The van der Waals surface area contributed by atoms with E-state index < -0.39 is 0 Å². The molecule has 1 aromatic carbocycles. The predicted molar refractivity (Wildman–Crippen MR) is 47.4 cm³/mol. The van der Waals surface area contributed by atoms with Crippen molar-refractivity contribution in [1.82, 2.24) is 0 Å². The van der Waals surface area contributed by atoms with Crippen LogP contribution in [0.5, 0.6) is 5.75 Å². The zero-order valence-electron chi connectivity index (χ0n) is 6.86. The molecule has 0 saturated heterocycles. The molecular weight excluding hydrogens is 168 g/mol. The van der Waals surface area contributed by atoms with E-state index in [1.165, 1.54) is 0 Å². The molecule has 66 valence electrons. The molecule has 0 radical (unpaired) electrons. The normalized spacial score (nSPS) is 18.2. The third-order valence-electron chi connectivity index (χ3n) is 1.89. The van der Waals surface area contributed by atoms with Crippen LogP contribution in [0.3, 0.4) is 0 Å². The topological polar surface area (TPSA) is 64.7 Å². The molecule has 2 rings (SSSR count). The van der Waals surface area contributed by atoms with Crippen LogP contribution in [-0.4, -0.2) is 11.7 Å². The Hall–Kier alpha value is -1.84. The summed E-state index contributed by atoms with van der Waals surface area (Å²) in [6.45, 7) is 0. The summed E-state index contributed by atoms with van der Waals surface area (Å²) in [5.41, 5.74) is 1.37. The first-order chi connectivity index (χ1) is 6.31. The van der Waals surface area contributed by atoms with Gasteiger partial charge in [0.1, 0.15) is 5.75 Å². The highest BCUT2D eigenvalue weighted by Gasteiger charge is 2.22. The Morgan fingerprint density at radius 1 is 1.38 bits per heavy atom. The molecule has 0 spiro atoms. The van der Waals surface area contributed by atoms with Gasteiger partial charge in [-0.25, -0.2) is 0 Å². The first kappa shape index (κ1) is 7.79. The highest BCUT2D eigenvalue weighted by atomic mass is 16.5. The Morgan fingerprint density at radius 2 is 2.15 bits per heavy atom. The van der Waals surface area contributed by atoms with Crippen LogP contribution in [0.4, 0.5) is 0 Å². The van der Waals surface area contributed by atoms with Crippen molar-refractivity contribution in [3.05, 3.63) is 29.8 Å². The maximum absolute atomic E-state index is 11.0. The van der Waals surface area contributed by atoms with Gasteiger partial charge in [0.05, 0.1) is 12.1 Å². The van der Waals surface area contributed by atoms with Crippen LogP contribution in [0.15, 0.2) is 29.4 Å². The SMILES string of the molecule is N/N=C1\CC(=O)Oc2ccccc21. The summed E-state index contributed by atoms with van der Waals surface area (Å²) in [6, 6.07) is 7.19. The van der Waals surface area contributed by atoms with Crippen LogP contribution in [0.25, 0.3) is 0 Å². The van der Waals surface area contributed by atoms with E-state index in [4.69, 9.17) is 10.6 Å². The number of hydrazone groups is 1. The van der Waals surface area contributed by atoms with Crippen molar-refractivity contribution in [2.45, 2.75) is 6.42 Å². The molecule has 1 aliphatic rings. The predicted octanol–water partition coefficient (Wildman–Crippen LogP) is 0.658. The van der Waals surface area contributed by atoms with E-state index in [1.54, 1.807) is 12.1 Å². The molecule has 1 aliphatic heterocycles.